The number of hydrogen-bond donors (Lipinski definition) is 2. The number of nitrogens with zero attached hydrogens (tertiary/aromatic N) is 1. The van der Waals surface area contributed by atoms with Crippen molar-refractivity contribution < 1.29 is 23.1 Å². The molecular weight excluding hydrogens is 369 g/mol. The average Bonchev–Trinajstić information content (AvgIpc) is 2.69. The Hall–Kier alpha value is -2.70. The van der Waals surface area contributed by atoms with Crippen LogP contribution in [-0.4, -0.2) is 17.4 Å². The maximum atomic E-state index is 12.2. The smallest absolute Gasteiger partial charge is 0.409 e. The Balaban J connectivity index is 1.50. The van der Waals surface area contributed by atoms with Crippen LogP contribution in [0.4, 0.5) is 18.9 Å². The van der Waals surface area contributed by atoms with Gasteiger partial charge in [-0.15, -0.1) is 13.2 Å². The highest BCUT2D eigenvalue weighted by atomic mass is 19.4. The quantitative estimate of drug-likeness (QED) is 0.278. The van der Waals surface area contributed by atoms with Crippen molar-refractivity contribution in [2.45, 2.75) is 44.4 Å². The first kappa shape index (κ1) is 20.0. The number of halogens is 3. The molecule has 1 aliphatic rings. The molecule has 150 valence electrons. The number of anilines is 1. The van der Waals surface area contributed by atoms with Crippen molar-refractivity contribution in [3.8, 4) is 5.75 Å². The topological polar surface area (TPSA) is 53.9 Å². The van der Waals surface area contributed by atoms with Crippen molar-refractivity contribution in [3.63, 3.8) is 0 Å². The molecule has 28 heavy (non-hydrogen) atoms. The molecule has 0 radical (unpaired) electrons. The molecule has 1 aliphatic carbocycles. The minimum atomic E-state index is -4.72. The second-order valence-electron chi connectivity index (χ2n) is 7.08. The van der Waals surface area contributed by atoms with Crippen LogP contribution in [0, 0.1) is 5.92 Å². The number of rotatable bonds is 5. The third-order valence-corrected chi connectivity index (χ3v) is 5.10. The minimum Gasteiger partial charge on any atom is -0.409 e. The summed E-state index contributed by atoms with van der Waals surface area (Å²) in [6, 6.07) is 15.8. The second-order valence-corrected chi connectivity index (χ2v) is 7.08. The van der Waals surface area contributed by atoms with Gasteiger partial charge in [-0.1, -0.05) is 35.5 Å². The molecule has 4 nitrogen and oxygen atoms in total. The van der Waals surface area contributed by atoms with Gasteiger partial charge in [-0.25, -0.2) is 0 Å². The number of ether oxygens (including phenoxy) is 1. The van der Waals surface area contributed by atoms with E-state index in [1.165, 1.54) is 29.8 Å². The summed E-state index contributed by atoms with van der Waals surface area (Å²) in [4.78, 5) is 0. The van der Waals surface area contributed by atoms with Crippen LogP contribution in [-0.2, 0) is 0 Å². The zero-order valence-corrected chi connectivity index (χ0v) is 15.3. The largest absolute Gasteiger partial charge is 0.573 e. The molecule has 0 saturated heterocycles. The Labute approximate surface area is 162 Å². The predicted molar refractivity (Wildman–Crippen MR) is 102 cm³/mol. The van der Waals surface area contributed by atoms with Gasteiger partial charge in [0.05, 0.1) is 0 Å². The van der Waals surface area contributed by atoms with Crippen LogP contribution in [0.3, 0.4) is 0 Å². The number of hydrogen-bond acceptors (Lipinski definition) is 3. The fourth-order valence-corrected chi connectivity index (χ4v) is 3.72. The van der Waals surface area contributed by atoms with Crippen LogP contribution in [0.25, 0.3) is 0 Å². The molecule has 2 N–H and O–H groups in total. The van der Waals surface area contributed by atoms with Gasteiger partial charge in [-0.2, -0.15) is 0 Å². The number of amidine groups is 1. The molecule has 2 aromatic rings. The number of alkyl halides is 3. The summed E-state index contributed by atoms with van der Waals surface area (Å²) in [5.41, 5.74) is 1.91. The molecule has 2 aromatic carbocycles. The second kappa shape index (κ2) is 8.99. The van der Waals surface area contributed by atoms with Crippen molar-refractivity contribution in [2.24, 2.45) is 11.1 Å². The Morgan fingerprint density at radius 3 is 2.21 bits per heavy atom. The van der Waals surface area contributed by atoms with Crippen molar-refractivity contribution in [2.75, 3.05) is 5.32 Å². The van der Waals surface area contributed by atoms with E-state index < -0.39 is 6.36 Å². The van der Waals surface area contributed by atoms with E-state index in [9.17, 15) is 18.4 Å². The van der Waals surface area contributed by atoms with Crippen molar-refractivity contribution in [1.82, 2.24) is 0 Å². The van der Waals surface area contributed by atoms with E-state index in [0.29, 0.717) is 29.8 Å². The van der Waals surface area contributed by atoms with Gasteiger partial charge in [-0.05, 0) is 67.3 Å². The minimum absolute atomic E-state index is 0.292. The van der Waals surface area contributed by atoms with Crippen molar-refractivity contribution >= 4 is 11.5 Å². The zero-order chi connectivity index (χ0) is 20.0. The highest BCUT2D eigenvalue weighted by Crippen LogP contribution is 2.37. The summed E-state index contributed by atoms with van der Waals surface area (Å²) in [6.45, 7) is 0. The summed E-state index contributed by atoms with van der Waals surface area (Å²) < 4.78 is 40.5. The SMILES string of the molecule is O/N=C(/CC1CCC(c2ccccc2)CC1)Nc1ccc(OC(F)(F)F)cc1. The molecule has 0 aromatic heterocycles. The monoisotopic (exact) mass is 392 g/mol. The Bertz CT molecular complexity index is 768. The number of oxime groups is 1. The summed E-state index contributed by atoms with van der Waals surface area (Å²) in [6.07, 6.45) is 0.148. The van der Waals surface area contributed by atoms with Crippen molar-refractivity contribution in [1.29, 1.82) is 0 Å². The lowest BCUT2D eigenvalue weighted by atomic mass is 9.77. The Morgan fingerprint density at radius 1 is 1.00 bits per heavy atom. The van der Waals surface area contributed by atoms with Gasteiger partial charge in [0.2, 0.25) is 0 Å². The summed E-state index contributed by atoms with van der Waals surface area (Å²) in [5, 5.41) is 15.6. The molecule has 3 rings (SSSR count). The van der Waals surface area contributed by atoms with E-state index in [1.54, 1.807) is 0 Å². The molecule has 0 atom stereocenters. The van der Waals surface area contributed by atoms with E-state index >= 15 is 0 Å². The number of nitrogens with one attached hydrogen (secondary N) is 1. The first-order chi connectivity index (χ1) is 13.4. The van der Waals surface area contributed by atoms with Gasteiger partial charge in [0.1, 0.15) is 11.6 Å². The maximum Gasteiger partial charge on any atom is 0.573 e. The van der Waals surface area contributed by atoms with E-state index in [-0.39, 0.29) is 5.75 Å². The molecule has 7 heteroatoms. The molecule has 0 bridgehead atoms. The molecule has 0 amide bonds. The lowest BCUT2D eigenvalue weighted by molar-refractivity contribution is -0.274. The standard InChI is InChI=1S/C21H23F3N2O2/c22-21(23,24)28-19-12-10-18(11-13-19)25-20(26-27)14-15-6-8-17(9-7-15)16-4-2-1-3-5-16/h1-5,10-13,15,17,27H,6-9,14H2,(H,25,26). The predicted octanol–water partition coefficient (Wildman–Crippen LogP) is 6.15. The molecule has 0 spiro atoms. The third kappa shape index (κ3) is 5.90. The highest BCUT2D eigenvalue weighted by molar-refractivity contribution is 5.95. The first-order valence-corrected chi connectivity index (χ1v) is 9.31. The number of benzene rings is 2. The zero-order valence-electron chi connectivity index (χ0n) is 15.3. The van der Waals surface area contributed by atoms with Gasteiger partial charge in [0.15, 0.2) is 0 Å². The van der Waals surface area contributed by atoms with E-state index in [2.05, 4.69) is 39.5 Å². The van der Waals surface area contributed by atoms with E-state index in [0.717, 1.165) is 25.7 Å². The summed E-state index contributed by atoms with van der Waals surface area (Å²) in [7, 11) is 0. The van der Waals surface area contributed by atoms with Crippen LogP contribution in [0.2, 0.25) is 0 Å². The molecule has 0 heterocycles. The normalized spacial score (nSPS) is 20.6. The lowest BCUT2D eigenvalue weighted by Gasteiger charge is -2.29. The fraction of sp³-hybridized carbons (Fsp3) is 0.381. The maximum absolute atomic E-state index is 12.2. The van der Waals surface area contributed by atoms with E-state index in [1.807, 2.05) is 6.07 Å². The van der Waals surface area contributed by atoms with Crippen LogP contribution in [0.1, 0.15) is 43.6 Å². The third-order valence-electron chi connectivity index (χ3n) is 5.10. The summed E-state index contributed by atoms with van der Waals surface area (Å²) in [5.74, 6) is 1.10. The van der Waals surface area contributed by atoms with Gasteiger partial charge in [-0.3, -0.25) is 0 Å². The average molecular weight is 392 g/mol. The van der Waals surface area contributed by atoms with Crippen LogP contribution >= 0.6 is 0 Å². The molecule has 0 unspecified atom stereocenters. The van der Waals surface area contributed by atoms with Gasteiger partial charge in [0, 0.05) is 12.1 Å². The summed E-state index contributed by atoms with van der Waals surface area (Å²) >= 11 is 0. The van der Waals surface area contributed by atoms with Gasteiger partial charge >= 0.3 is 6.36 Å². The molecule has 0 aliphatic heterocycles. The molecular formula is C21H23F3N2O2. The first-order valence-electron chi connectivity index (χ1n) is 9.31. The Morgan fingerprint density at radius 2 is 1.64 bits per heavy atom. The van der Waals surface area contributed by atoms with Crippen LogP contribution in [0.15, 0.2) is 59.8 Å². The highest BCUT2D eigenvalue weighted by Gasteiger charge is 2.31. The lowest BCUT2D eigenvalue weighted by Crippen LogP contribution is -2.21. The Kier molecular flexibility index (Phi) is 6.44. The van der Waals surface area contributed by atoms with Gasteiger partial charge in [0.25, 0.3) is 0 Å². The molecule has 1 fully saturated rings. The van der Waals surface area contributed by atoms with Gasteiger partial charge < -0.3 is 15.3 Å². The van der Waals surface area contributed by atoms with Crippen LogP contribution in [0.5, 0.6) is 5.75 Å². The molecule has 1 saturated carbocycles. The van der Waals surface area contributed by atoms with Crippen LogP contribution < -0.4 is 10.1 Å². The van der Waals surface area contributed by atoms with Crippen molar-refractivity contribution in [3.05, 3.63) is 60.2 Å². The van der Waals surface area contributed by atoms with E-state index in [4.69, 9.17) is 0 Å². The fourth-order valence-electron chi connectivity index (χ4n) is 3.72.